The van der Waals surface area contributed by atoms with E-state index in [1.807, 2.05) is 0 Å². The van der Waals surface area contributed by atoms with Crippen molar-refractivity contribution in [2.45, 2.75) is 38.6 Å². The Morgan fingerprint density at radius 3 is 2.33 bits per heavy atom. The van der Waals surface area contributed by atoms with Crippen molar-refractivity contribution in [3.05, 3.63) is 29.8 Å². The molecule has 1 aromatic carbocycles. The van der Waals surface area contributed by atoms with Gasteiger partial charge in [-0.25, -0.2) is 0 Å². The predicted molar refractivity (Wildman–Crippen MR) is 110 cm³/mol. The average molecular weight is 371 g/mol. The zero-order chi connectivity index (χ0) is 18.6. The Bertz CT molecular complexity index is 627. The van der Waals surface area contributed by atoms with Gasteiger partial charge >= 0.3 is 0 Å². The average Bonchev–Trinajstić information content (AvgIpc) is 3.23. The molecule has 1 aliphatic carbocycles. The van der Waals surface area contributed by atoms with E-state index >= 15 is 0 Å². The molecule has 0 spiro atoms. The molecule has 0 aromatic heterocycles. The van der Waals surface area contributed by atoms with E-state index in [1.165, 1.54) is 36.9 Å². The molecular weight excluding hydrogens is 336 g/mol. The molecule has 2 aliphatic heterocycles. The lowest BCUT2D eigenvalue weighted by Gasteiger charge is -2.40. The lowest BCUT2D eigenvalue weighted by molar-refractivity contribution is -0.133. The number of carbonyl (C=O) groups excluding carboxylic acids is 1. The Morgan fingerprint density at radius 1 is 0.963 bits per heavy atom. The molecule has 5 heteroatoms. The molecule has 0 N–H and O–H groups in total. The Morgan fingerprint density at radius 2 is 1.67 bits per heavy atom. The summed E-state index contributed by atoms with van der Waals surface area (Å²) in [7, 11) is 0. The SMILES string of the molecule is Cc1cccc(N2CCN(C(=O)CN3CCN(C4CCCC4)CC3)CC2)c1. The number of piperazine rings is 2. The molecule has 2 saturated heterocycles. The van der Waals surface area contributed by atoms with Crippen molar-refractivity contribution in [1.29, 1.82) is 0 Å². The lowest BCUT2D eigenvalue weighted by Crippen LogP contribution is -2.54. The van der Waals surface area contributed by atoms with Gasteiger partial charge in [-0.05, 0) is 37.5 Å². The van der Waals surface area contributed by atoms with Gasteiger partial charge in [0.05, 0.1) is 6.54 Å². The minimum atomic E-state index is 0.313. The maximum absolute atomic E-state index is 12.8. The summed E-state index contributed by atoms with van der Waals surface area (Å²) < 4.78 is 0. The van der Waals surface area contributed by atoms with Gasteiger partial charge in [-0.1, -0.05) is 25.0 Å². The van der Waals surface area contributed by atoms with Crippen molar-refractivity contribution < 1.29 is 4.79 Å². The number of anilines is 1. The summed E-state index contributed by atoms with van der Waals surface area (Å²) in [4.78, 5) is 22.2. The Hall–Kier alpha value is -1.59. The van der Waals surface area contributed by atoms with Gasteiger partial charge in [0.1, 0.15) is 0 Å². The summed E-state index contributed by atoms with van der Waals surface area (Å²) in [6, 6.07) is 9.48. The van der Waals surface area contributed by atoms with Gasteiger partial charge < -0.3 is 9.80 Å². The van der Waals surface area contributed by atoms with E-state index in [-0.39, 0.29) is 0 Å². The van der Waals surface area contributed by atoms with E-state index in [1.54, 1.807) is 0 Å². The second kappa shape index (κ2) is 8.61. The molecule has 0 bridgehead atoms. The minimum absolute atomic E-state index is 0.313. The predicted octanol–water partition coefficient (Wildman–Crippen LogP) is 2.20. The first-order valence-corrected chi connectivity index (χ1v) is 10.7. The van der Waals surface area contributed by atoms with E-state index in [0.717, 1.165) is 58.4 Å². The van der Waals surface area contributed by atoms with Gasteiger partial charge in [0.2, 0.25) is 5.91 Å². The monoisotopic (exact) mass is 370 g/mol. The van der Waals surface area contributed by atoms with E-state index in [0.29, 0.717) is 12.5 Å². The van der Waals surface area contributed by atoms with Gasteiger partial charge in [0, 0.05) is 64.1 Å². The van der Waals surface area contributed by atoms with Crippen molar-refractivity contribution in [1.82, 2.24) is 14.7 Å². The number of benzene rings is 1. The largest absolute Gasteiger partial charge is 0.368 e. The molecule has 3 aliphatic rings. The molecule has 1 aromatic rings. The molecule has 27 heavy (non-hydrogen) atoms. The highest BCUT2D eigenvalue weighted by Crippen LogP contribution is 2.24. The molecule has 5 nitrogen and oxygen atoms in total. The molecule has 0 radical (unpaired) electrons. The fourth-order valence-corrected chi connectivity index (χ4v) is 4.89. The van der Waals surface area contributed by atoms with Crippen LogP contribution in [-0.4, -0.2) is 85.6 Å². The maximum Gasteiger partial charge on any atom is 0.236 e. The van der Waals surface area contributed by atoms with Crippen LogP contribution in [0.15, 0.2) is 24.3 Å². The zero-order valence-electron chi connectivity index (χ0n) is 16.8. The number of rotatable bonds is 4. The van der Waals surface area contributed by atoms with Crippen LogP contribution in [0.2, 0.25) is 0 Å². The van der Waals surface area contributed by atoms with Crippen molar-refractivity contribution in [3.63, 3.8) is 0 Å². The van der Waals surface area contributed by atoms with Crippen molar-refractivity contribution in [2.75, 3.05) is 63.8 Å². The summed E-state index contributed by atoms with van der Waals surface area (Å²) in [5, 5.41) is 0. The summed E-state index contributed by atoms with van der Waals surface area (Å²) in [6.07, 6.45) is 5.56. The molecule has 4 rings (SSSR count). The minimum Gasteiger partial charge on any atom is -0.368 e. The van der Waals surface area contributed by atoms with Crippen LogP contribution in [0.1, 0.15) is 31.2 Å². The zero-order valence-corrected chi connectivity index (χ0v) is 16.8. The summed E-state index contributed by atoms with van der Waals surface area (Å²) in [5.74, 6) is 0.313. The quantitative estimate of drug-likeness (QED) is 0.813. The lowest BCUT2D eigenvalue weighted by atomic mass is 10.1. The van der Waals surface area contributed by atoms with Gasteiger partial charge in [-0.15, -0.1) is 0 Å². The second-order valence-corrected chi connectivity index (χ2v) is 8.46. The van der Waals surface area contributed by atoms with Crippen molar-refractivity contribution >= 4 is 11.6 Å². The molecule has 1 amide bonds. The number of amides is 1. The summed E-state index contributed by atoms with van der Waals surface area (Å²) in [5.41, 5.74) is 2.58. The highest BCUT2D eigenvalue weighted by molar-refractivity contribution is 5.78. The van der Waals surface area contributed by atoms with Crippen molar-refractivity contribution in [3.8, 4) is 0 Å². The fourth-order valence-electron chi connectivity index (χ4n) is 4.89. The molecule has 2 heterocycles. The topological polar surface area (TPSA) is 30.0 Å². The molecule has 0 atom stereocenters. The highest BCUT2D eigenvalue weighted by Gasteiger charge is 2.28. The number of aryl methyl sites for hydroxylation is 1. The van der Waals surface area contributed by atoms with Crippen LogP contribution in [0.25, 0.3) is 0 Å². The number of hydrogen-bond donors (Lipinski definition) is 0. The van der Waals surface area contributed by atoms with Crippen molar-refractivity contribution in [2.24, 2.45) is 0 Å². The van der Waals surface area contributed by atoms with Crippen LogP contribution in [-0.2, 0) is 4.79 Å². The maximum atomic E-state index is 12.8. The van der Waals surface area contributed by atoms with Crippen LogP contribution >= 0.6 is 0 Å². The summed E-state index contributed by atoms with van der Waals surface area (Å²) >= 11 is 0. The standard InChI is InChI=1S/C22H34N4O/c1-19-5-4-8-21(17-19)25-13-15-26(16-14-25)22(27)18-23-9-11-24(12-10-23)20-6-2-3-7-20/h4-5,8,17,20H,2-3,6-7,9-16,18H2,1H3. The van der Waals surface area contributed by atoms with Crippen LogP contribution in [0.5, 0.6) is 0 Å². The third-order valence-corrected chi connectivity index (χ3v) is 6.61. The van der Waals surface area contributed by atoms with Gasteiger partial charge in [-0.2, -0.15) is 0 Å². The third-order valence-electron chi connectivity index (χ3n) is 6.61. The first-order valence-electron chi connectivity index (χ1n) is 10.7. The van der Waals surface area contributed by atoms with Crippen LogP contribution in [0, 0.1) is 6.92 Å². The second-order valence-electron chi connectivity index (χ2n) is 8.46. The van der Waals surface area contributed by atoms with E-state index in [9.17, 15) is 4.79 Å². The van der Waals surface area contributed by atoms with Crippen LogP contribution in [0.4, 0.5) is 5.69 Å². The number of carbonyl (C=O) groups is 1. The van der Waals surface area contributed by atoms with E-state index in [2.05, 4.69) is 50.8 Å². The smallest absolute Gasteiger partial charge is 0.236 e. The molecule has 148 valence electrons. The summed E-state index contributed by atoms with van der Waals surface area (Å²) in [6.45, 7) is 10.7. The normalized spacial score (nSPS) is 23.1. The Kier molecular flexibility index (Phi) is 5.98. The highest BCUT2D eigenvalue weighted by atomic mass is 16.2. The molecule has 1 saturated carbocycles. The Balaban J connectivity index is 1.21. The van der Waals surface area contributed by atoms with E-state index < -0.39 is 0 Å². The van der Waals surface area contributed by atoms with Gasteiger partial charge in [-0.3, -0.25) is 14.6 Å². The van der Waals surface area contributed by atoms with Gasteiger partial charge in [0.25, 0.3) is 0 Å². The Labute approximate surface area is 163 Å². The molecular formula is C22H34N4O. The van der Waals surface area contributed by atoms with Crippen LogP contribution in [0.3, 0.4) is 0 Å². The number of hydrogen-bond acceptors (Lipinski definition) is 4. The van der Waals surface area contributed by atoms with E-state index in [4.69, 9.17) is 0 Å². The third kappa shape index (κ3) is 4.64. The molecule has 3 fully saturated rings. The first kappa shape index (κ1) is 18.8. The number of nitrogens with zero attached hydrogens (tertiary/aromatic N) is 4. The molecule has 0 unspecified atom stereocenters. The fraction of sp³-hybridized carbons (Fsp3) is 0.682. The first-order chi connectivity index (χ1) is 13.2. The van der Waals surface area contributed by atoms with Crippen LogP contribution < -0.4 is 4.90 Å². The van der Waals surface area contributed by atoms with Gasteiger partial charge in [0.15, 0.2) is 0 Å².